The average molecular weight is 459 g/mol. The van der Waals surface area contributed by atoms with E-state index in [0.717, 1.165) is 37.4 Å². The molecule has 0 saturated heterocycles. The third-order valence-electron chi connectivity index (χ3n) is 3.50. The highest BCUT2D eigenvalue weighted by atomic mass is 35.5. The lowest BCUT2D eigenvalue weighted by molar-refractivity contribution is -0.137. The van der Waals surface area contributed by atoms with Crippen molar-refractivity contribution in [3.8, 4) is 0 Å². The Morgan fingerprint density at radius 2 is 1.75 bits per heavy atom. The van der Waals surface area contributed by atoms with Crippen molar-refractivity contribution in [1.82, 2.24) is 4.31 Å². The van der Waals surface area contributed by atoms with E-state index in [4.69, 9.17) is 23.2 Å². The molecule has 2 aromatic rings. The maximum atomic E-state index is 13.1. The van der Waals surface area contributed by atoms with E-state index in [0.29, 0.717) is 10.4 Å². The fourth-order valence-corrected chi connectivity index (χ4v) is 4.01. The first-order valence-electron chi connectivity index (χ1n) is 7.40. The molecule has 0 atom stereocenters. The molecule has 0 aliphatic rings. The third kappa shape index (κ3) is 5.13. The molecule has 0 aliphatic carbocycles. The molecule has 1 amide bonds. The minimum Gasteiger partial charge on any atom is -0.325 e. The van der Waals surface area contributed by atoms with Crippen LogP contribution in [0.3, 0.4) is 0 Å². The summed E-state index contributed by atoms with van der Waals surface area (Å²) in [4.78, 5) is 11.6. The van der Waals surface area contributed by atoms with Gasteiger partial charge in [-0.1, -0.05) is 23.2 Å². The smallest absolute Gasteiger partial charge is 0.325 e. The van der Waals surface area contributed by atoms with Gasteiger partial charge in [-0.2, -0.15) is 17.5 Å². The van der Waals surface area contributed by atoms with Gasteiger partial charge in [-0.25, -0.2) is 12.8 Å². The minimum atomic E-state index is -4.72. The summed E-state index contributed by atoms with van der Waals surface area (Å²) in [6, 6.07) is 5.36. The number of nitrogens with zero attached hydrogens (tertiary/aromatic N) is 1. The average Bonchev–Trinajstić information content (AvgIpc) is 2.55. The zero-order valence-electron chi connectivity index (χ0n) is 14.0. The number of alkyl halides is 3. The van der Waals surface area contributed by atoms with E-state index in [9.17, 15) is 30.8 Å². The van der Waals surface area contributed by atoms with Gasteiger partial charge in [0.25, 0.3) is 0 Å². The van der Waals surface area contributed by atoms with E-state index in [-0.39, 0.29) is 10.7 Å². The van der Waals surface area contributed by atoms with E-state index < -0.39 is 50.0 Å². The number of anilines is 1. The SMILES string of the molecule is CN(CC(=O)Nc1ccc(Cl)c(C(F)(F)F)c1)S(=O)(=O)c1ccc(F)cc1Cl. The molecular weight excluding hydrogens is 447 g/mol. The highest BCUT2D eigenvalue weighted by molar-refractivity contribution is 7.89. The Hall–Kier alpha value is -1.88. The number of sulfonamides is 1. The molecule has 2 rings (SSSR count). The van der Waals surface area contributed by atoms with Crippen molar-refractivity contribution in [3.63, 3.8) is 0 Å². The number of carbonyl (C=O) groups is 1. The number of hydrogen-bond acceptors (Lipinski definition) is 3. The Kier molecular flexibility index (Phi) is 6.59. The van der Waals surface area contributed by atoms with Crippen molar-refractivity contribution in [2.45, 2.75) is 11.1 Å². The van der Waals surface area contributed by atoms with Gasteiger partial charge in [0.15, 0.2) is 0 Å². The Balaban J connectivity index is 2.17. The maximum absolute atomic E-state index is 13.1. The molecule has 0 spiro atoms. The summed E-state index contributed by atoms with van der Waals surface area (Å²) in [7, 11) is -3.17. The van der Waals surface area contributed by atoms with Crippen LogP contribution in [0.4, 0.5) is 23.2 Å². The quantitative estimate of drug-likeness (QED) is 0.674. The zero-order chi connectivity index (χ0) is 21.3. The Morgan fingerprint density at radius 3 is 2.32 bits per heavy atom. The summed E-state index contributed by atoms with van der Waals surface area (Å²) in [5.74, 6) is -1.65. The number of halogens is 6. The molecule has 0 saturated carbocycles. The topological polar surface area (TPSA) is 66.5 Å². The monoisotopic (exact) mass is 458 g/mol. The van der Waals surface area contributed by atoms with Crippen molar-refractivity contribution in [2.75, 3.05) is 18.9 Å². The van der Waals surface area contributed by atoms with Crippen molar-refractivity contribution < 1.29 is 30.8 Å². The standard InChI is InChI=1S/C16H12Cl2F4N2O3S/c1-24(28(26,27)14-5-2-9(19)6-13(14)18)8-15(25)23-10-3-4-12(17)11(7-10)16(20,21)22/h2-7H,8H2,1H3,(H,23,25). The van der Waals surface area contributed by atoms with Gasteiger partial charge in [-0.3, -0.25) is 4.79 Å². The molecule has 2 aromatic carbocycles. The second-order valence-corrected chi connectivity index (χ2v) is 8.40. The molecule has 5 nitrogen and oxygen atoms in total. The lowest BCUT2D eigenvalue weighted by atomic mass is 10.2. The number of nitrogens with one attached hydrogen (secondary N) is 1. The summed E-state index contributed by atoms with van der Waals surface area (Å²) in [6.07, 6.45) is -4.72. The molecule has 0 unspecified atom stereocenters. The highest BCUT2D eigenvalue weighted by Crippen LogP contribution is 2.36. The maximum Gasteiger partial charge on any atom is 0.417 e. The third-order valence-corrected chi connectivity index (χ3v) is 6.12. The first-order valence-corrected chi connectivity index (χ1v) is 9.60. The molecule has 0 aliphatic heterocycles. The van der Waals surface area contributed by atoms with Crippen molar-refractivity contribution >= 4 is 44.8 Å². The largest absolute Gasteiger partial charge is 0.417 e. The van der Waals surface area contributed by atoms with E-state index in [1.165, 1.54) is 0 Å². The van der Waals surface area contributed by atoms with Gasteiger partial charge in [0.2, 0.25) is 15.9 Å². The minimum absolute atomic E-state index is 0.215. The highest BCUT2D eigenvalue weighted by Gasteiger charge is 2.33. The van der Waals surface area contributed by atoms with Crippen LogP contribution in [0.15, 0.2) is 41.3 Å². The van der Waals surface area contributed by atoms with E-state index in [1.54, 1.807) is 0 Å². The second-order valence-electron chi connectivity index (χ2n) is 5.58. The van der Waals surface area contributed by atoms with Crippen LogP contribution >= 0.6 is 23.2 Å². The van der Waals surface area contributed by atoms with Gasteiger partial charge in [0.05, 0.1) is 22.2 Å². The molecule has 0 radical (unpaired) electrons. The van der Waals surface area contributed by atoms with Crippen molar-refractivity contribution in [1.29, 1.82) is 0 Å². The zero-order valence-corrected chi connectivity index (χ0v) is 16.3. The van der Waals surface area contributed by atoms with Crippen LogP contribution in [0.2, 0.25) is 10.0 Å². The predicted molar refractivity (Wildman–Crippen MR) is 96.3 cm³/mol. The van der Waals surface area contributed by atoms with Gasteiger partial charge >= 0.3 is 6.18 Å². The normalized spacial score (nSPS) is 12.3. The number of carbonyl (C=O) groups excluding carboxylic acids is 1. The molecule has 0 heterocycles. The second kappa shape index (κ2) is 8.24. The van der Waals surface area contributed by atoms with Gasteiger partial charge < -0.3 is 5.32 Å². The van der Waals surface area contributed by atoms with E-state index in [1.807, 2.05) is 0 Å². The first kappa shape index (κ1) is 22.4. The van der Waals surface area contributed by atoms with Crippen LogP contribution in [-0.4, -0.2) is 32.2 Å². The molecule has 0 fully saturated rings. The van der Waals surface area contributed by atoms with E-state index in [2.05, 4.69) is 5.32 Å². The van der Waals surface area contributed by atoms with Crippen molar-refractivity contribution in [3.05, 3.63) is 57.8 Å². The van der Waals surface area contributed by atoms with Crippen LogP contribution < -0.4 is 5.32 Å². The Bertz CT molecular complexity index is 1010. The predicted octanol–water partition coefficient (Wildman–Crippen LogP) is 4.41. The van der Waals surface area contributed by atoms with Gasteiger partial charge in [0.1, 0.15) is 10.7 Å². The number of likely N-dealkylation sites (N-methyl/N-ethyl adjacent to an activating group) is 1. The molecular formula is C16H12Cl2F4N2O3S. The number of hydrogen-bond donors (Lipinski definition) is 1. The molecule has 152 valence electrons. The molecule has 12 heteroatoms. The summed E-state index contributed by atoms with van der Waals surface area (Å²) in [6.45, 7) is -0.722. The summed E-state index contributed by atoms with van der Waals surface area (Å²) < 4.78 is 77.2. The fourth-order valence-electron chi connectivity index (χ4n) is 2.16. The van der Waals surface area contributed by atoms with Crippen LogP contribution in [-0.2, 0) is 21.0 Å². The summed E-state index contributed by atoms with van der Waals surface area (Å²) >= 11 is 11.2. The molecule has 0 bridgehead atoms. The van der Waals surface area contributed by atoms with Crippen LogP contribution in [0.25, 0.3) is 0 Å². The summed E-state index contributed by atoms with van der Waals surface area (Å²) in [5.41, 5.74) is -1.36. The lowest BCUT2D eigenvalue weighted by Crippen LogP contribution is -2.35. The van der Waals surface area contributed by atoms with Crippen LogP contribution in [0.5, 0.6) is 0 Å². The van der Waals surface area contributed by atoms with Crippen molar-refractivity contribution in [2.24, 2.45) is 0 Å². The summed E-state index contributed by atoms with van der Waals surface area (Å²) in [5, 5.41) is 1.24. The lowest BCUT2D eigenvalue weighted by Gasteiger charge is -2.18. The molecule has 28 heavy (non-hydrogen) atoms. The fraction of sp³-hybridized carbons (Fsp3) is 0.188. The Morgan fingerprint density at radius 1 is 1.11 bits per heavy atom. The van der Waals surface area contributed by atoms with Crippen LogP contribution in [0.1, 0.15) is 5.56 Å². The number of benzene rings is 2. The first-order chi connectivity index (χ1) is 12.8. The van der Waals surface area contributed by atoms with Gasteiger partial charge in [-0.05, 0) is 36.4 Å². The van der Waals surface area contributed by atoms with Crippen LogP contribution in [0, 0.1) is 5.82 Å². The number of amides is 1. The molecule has 0 aromatic heterocycles. The number of rotatable bonds is 5. The van der Waals surface area contributed by atoms with Gasteiger partial charge in [-0.15, -0.1) is 0 Å². The molecule has 1 N–H and O–H groups in total. The van der Waals surface area contributed by atoms with Gasteiger partial charge in [0, 0.05) is 12.7 Å². The Labute approximate surface area is 167 Å². The van der Waals surface area contributed by atoms with E-state index >= 15 is 0 Å².